The topological polar surface area (TPSA) is 55.6 Å². The number of nitrogens with one attached hydrogen (secondary N) is 1. The van der Waals surface area contributed by atoms with Crippen molar-refractivity contribution in [2.24, 2.45) is 7.05 Å². The molecule has 3 rings (SSSR count). The summed E-state index contributed by atoms with van der Waals surface area (Å²) in [5.74, 6) is 0. The Balaban J connectivity index is 1.97. The lowest BCUT2D eigenvalue weighted by Gasteiger charge is -2.21. The van der Waals surface area contributed by atoms with Gasteiger partial charge in [0.25, 0.3) is 0 Å². The maximum absolute atomic E-state index is 13.3. The van der Waals surface area contributed by atoms with Crippen molar-refractivity contribution >= 4 is 26.8 Å². The second-order valence-corrected chi connectivity index (χ2v) is 5.79. The van der Waals surface area contributed by atoms with E-state index in [9.17, 15) is 13.2 Å². The average molecular weight is 327 g/mol. The number of anilines is 1. The SMILES string of the molecule is Cc1nn(C)c2nc(NC(c3cccnc3)C(F)(F)F)sc12. The maximum atomic E-state index is 13.3. The quantitative estimate of drug-likeness (QED) is 0.800. The van der Waals surface area contributed by atoms with E-state index in [0.717, 1.165) is 21.7 Å². The second-order valence-electron chi connectivity index (χ2n) is 4.79. The van der Waals surface area contributed by atoms with Crippen LogP contribution in [0.15, 0.2) is 24.5 Å². The number of nitrogens with zero attached hydrogens (tertiary/aromatic N) is 4. The first-order valence-corrected chi connectivity index (χ1v) is 7.21. The smallest absolute Gasteiger partial charge is 0.346 e. The van der Waals surface area contributed by atoms with E-state index >= 15 is 0 Å². The van der Waals surface area contributed by atoms with Gasteiger partial charge in [-0.25, -0.2) is 9.67 Å². The molecule has 0 aliphatic carbocycles. The Bertz CT molecular complexity index is 759. The lowest BCUT2D eigenvalue weighted by molar-refractivity contribution is -0.144. The summed E-state index contributed by atoms with van der Waals surface area (Å²) in [5, 5.41) is 6.85. The lowest BCUT2D eigenvalue weighted by atomic mass is 10.1. The Morgan fingerprint density at radius 1 is 1.36 bits per heavy atom. The van der Waals surface area contributed by atoms with E-state index in [2.05, 4.69) is 20.4 Å². The molecule has 0 saturated carbocycles. The minimum Gasteiger partial charge on any atom is -0.346 e. The van der Waals surface area contributed by atoms with Gasteiger partial charge in [-0.15, -0.1) is 0 Å². The van der Waals surface area contributed by atoms with Crippen molar-refractivity contribution in [3.63, 3.8) is 0 Å². The maximum Gasteiger partial charge on any atom is 0.412 e. The van der Waals surface area contributed by atoms with Crippen molar-refractivity contribution in [2.75, 3.05) is 5.32 Å². The van der Waals surface area contributed by atoms with Crippen molar-refractivity contribution in [1.82, 2.24) is 19.7 Å². The number of thiazole rings is 1. The molecule has 0 aromatic carbocycles. The number of alkyl halides is 3. The first kappa shape index (κ1) is 14.8. The predicted molar refractivity (Wildman–Crippen MR) is 77.8 cm³/mol. The predicted octanol–water partition coefficient (Wildman–Crippen LogP) is 3.45. The van der Waals surface area contributed by atoms with E-state index in [4.69, 9.17) is 0 Å². The van der Waals surface area contributed by atoms with Gasteiger partial charge >= 0.3 is 6.18 Å². The molecule has 0 bridgehead atoms. The fraction of sp³-hybridized carbons (Fsp3) is 0.308. The van der Waals surface area contributed by atoms with Crippen LogP contribution in [-0.4, -0.2) is 25.9 Å². The Hall–Kier alpha value is -2.16. The third-order valence-corrected chi connectivity index (χ3v) is 4.24. The zero-order chi connectivity index (χ0) is 15.9. The third-order valence-electron chi connectivity index (χ3n) is 3.16. The molecule has 0 amide bonds. The molecule has 0 fully saturated rings. The van der Waals surface area contributed by atoms with Gasteiger partial charge in [0.05, 0.1) is 10.4 Å². The molecule has 0 radical (unpaired) electrons. The second kappa shape index (κ2) is 5.24. The Morgan fingerprint density at radius 2 is 2.14 bits per heavy atom. The van der Waals surface area contributed by atoms with Gasteiger partial charge < -0.3 is 5.32 Å². The monoisotopic (exact) mass is 327 g/mol. The number of halogens is 3. The third kappa shape index (κ3) is 2.63. The zero-order valence-corrected chi connectivity index (χ0v) is 12.5. The molecule has 0 aliphatic heterocycles. The highest BCUT2D eigenvalue weighted by Gasteiger charge is 2.41. The van der Waals surface area contributed by atoms with E-state index < -0.39 is 12.2 Å². The summed E-state index contributed by atoms with van der Waals surface area (Å²) in [6, 6.07) is 1.01. The number of aryl methyl sites for hydroxylation is 2. The van der Waals surface area contributed by atoms with Crippen LogP contribution in [0.5, 0.6) is 0 Å². The van der Waals surface area contributed by atoms with Crippen molar-refractivity contribution < 1.29 is 13.2 Å². The van der Waals surface area contributed by atoms with Crippen LogP contribution in [0.4, 0.5) is 18.3 Å². The summed E-state index contributed by atoms with van der Waals surface area (Å²) in [4.78, 5) is 7.95. The molecular weight excluding hydrogens is 315 g/mol. The zero-order valence-electron chi connectivity index (χ0n) is 11.7. The van der Waals surface area contributed by atoms with Crippen LogP contribution >= 0.6 is 11.3 Å². The van der Waals surface area contributed by atoms with Gasteiger partial charge in [-0.05, 0) is 13.0 Å². The van der Waals surface area contributed by atoms with Gasteiger partial charge in [-0.3, -0.25) is 4.98 Å². The Morgan fingerprint density at radius 3 is 2.73 bits per heavy atom. The van der Waals surface area contributed by atoms with Crippen LogP contribution in [0.25, 0.3) is 10.3 Å². The number of hydrogen-bond acceptors (Lipinski definition) is 5. The van der Waals surface area contributed by atoms with Crippen LogP contribution < -0.4 is 5.32 Å². The van der Waals surface area contributed by atoms with Gasteiger partial charge in [0.15, 0.2) is 16.8 Å². The van der Waals surface area contributed by atoms with Crippen molar-refractivity contribution in [1.29, 1.82) is 0 Å². The van der Waals surface area contributed by atoms with Gasteiger partial charge in [0, 0.05) is 25.0 Å². The number of pyridine rings is 1. The van der Waals surface area contributed by atoms with Crippen LogP contribution in [0.3, 0.4) is 0 Å². The molecular formula is C13H12F3N5S. The van der Waals surface area contributed by atoms with E-state index in [-0.39, 0.29) is 10.7 Å². The molecule has 116 valence electrons. The minimum atomic E-state index is -4.45. The molecule has 1 unspecified atom stereocenters. The van der Waals surface area contributed by atoms with E-state index in [1.54, 1.807) is 18.7 Å². The highest BCUT2D eigenvalue weighted by molar-refractivity contribution is 7.22. The van der Waals surface area contributed by atoms with Crippen molar-refractivity contribution in [3.8, 4) is 0 Å². The fourth-order valence-electron chi connectivity index (χ4n) is 2.17. The summed E-state index contributed by atoms with van der Waals surface area (Å²) in [6.07, 6.45) is -1.82. The molecule has 5 nitrogen and oxygen atoms in total. The standard InChI is InChI=1S/C13H12F3N5S/c1-7-9-11(21(2)20-7)19-12(22-9)18-10(13(14,15)16)8-4-3-5-17-6-8/h3-6,10H,1-2H3,(H,18,19). The summed E-state index contributed by atoms with van der Waals surface area (Å²) < 4.78 is 42.2. The molecule has 0 aliphatic rings. The molecule has 0 spiro atoms. The largest absolute Gasteiger partial charge is 0.412 e. The molecule has 3 heterocycles. The summed E-state index contributed by atoms with van der Waals surface area (Å²) in [7, 11) is 1.71. The molecule has 0 saturated heterocycles. The summed E-state index contributed by atoms with van der Waals surface area (Å²) in [5.41, 5.74) is 1.36. The van der Waals surface area contributed by atoms with E-state index in [1.165, 1.54) is 24.5 Å². The molecule has 1 N–H and O–H groups in total. The minimum absolute atomic E-state index is 0.0455. The fourth-order valence-corrected chi connectivity index (χ4v) is 3.13. The lowest BCUT2D eigenvalue weighted by Crippen LogP contribution is -2.27. The number of fused-ring (bicyclic) bond motifs is 1. The molecule has 3 aromatic rings. The summed E-state index contributed by atoms with van der Waals surface area (Å²) in [6.45, 7) is 1.80. The Kier molecular flexibility index (Phi) is 3.51. The first-order chi connectivity index (χ1) is 10.4. The molecule has 22 heavy (non-hydrogen) atoms. The van der Waals surface area contributed by atoms with Crippen molar-refractivity contribution in [3.05, 3.63) is 35.8 Å². The number of aromatic nitrogens is 4. The highest BCUT2D eigenvalue weighted by atomic mass is 32.1. The molecule has 9 heteroatoms. The average Bonchev–Trinajstić information content (AvgIpc) is 2.98. The van der Waals surface area contributed by atoms with E-state index in [0.29, 0.717) is 5.65 Å². The molecule has 3 aromatic heterocycles. The van der Waals surface area contributed by atoms with Gasteiger partial charge in [-0.2, -0.15) is 18.3 Å². The summed E-state index contributed by atoms with van der Waals surface area (Å²) >= 11 is 1.16. The van der Waals surface area contributed by atoms with Crippen LogP contribution in [0.2, 0.25) is 0 Å². The Labute approximate surface area is 127 Å². The van der Waals surface area contributed by atoms with Gasteiger partial charge in [0.1, 0.15) is 0 Å². The van der Waals surface area contributed by atoms with E-state index in [1.807, 2.05) is 0 Å². The number of hydrogen-bond donors (Lipinski definition) is 1. The van der Waals surface area contributed by atoms with Crippen molar-refractivity contribution in [2.45, 2.75) is 19.1 Å². The van der Waals surface area contributed by atoms with Crippen LogP contribution in [0.1, 0.15) is 17.3 Å². The molecule has 1 atom stereocenters. The highest BCUT2D eigenvalue weighted by Crippen LogP contribution is 2.37. The van der Waals surface area contributed by atoms with Crippen LogP contribution in [0, 0.1) is 6.92 Å². The van der Waals surface area contributed by atoms with Gasteiger partial charge in [0.2, 0.25) is 0 Å². The first-order valence-electron chi connectivity index (χ1n) is 6.39. The van der Waals surface area contributed by atoms with Crippen LogP contribution in [-0.2, 0) is 7.05 Å². The van der Waals surface area contributed by atoms with Gasteiger partial charge in [-0.1, -0.05) is 17.4 Å². The normalized spacial score (nSPS) is 13.5. The number of rotatable bonds is 3.